The number of carbonyl (C=O) groups is 2. The van der Waals surface area contributed by atoms with Gasteiger partial charge in [-0.05, 0) is 32.0 Å². The maximum absolute atomic E-state index is 11.9. The van der Waals surface area contributed by atoms with E-state index in [-0.39, 0.29) is 23.3 Å². The Morgan fingerprint density at radius 3 is 2.59 bits per heavy atom. The van der Waals surface area contributed by atoms with Crippen molar-refractivity contribution in [3.8, 4) is 6.07 Å². The summed E-state index contributed by atoms with van der Waals surface area (Å²) < 4.78 is 0. The lowest BCUT2D eigenvalue weighted by atomic mass is 10.2. The lowest BCUT2D eigenvalue weighted by molar-refractivity contribution is -0.127. The predicted octanol–water partition coefficient (Wildman–Crippen LogP) is 2.75. The van der Waals surface area contributed by atoms with Crippen LogP contribution in [0.25, 0.3) is 0 Å². The number of nitriles is 1. The second-order valence-electron chi connectivity index (χ2n) is 4.41. The fourth-order valence-electron chi connectivity index (χ4n) is 1.80. The average molecular weight is 340 g/mol. The van der Waals surface area contributed by atoms with Crippen LogP contribution in [0.3, 0.4) is 0 Å². The number of amides is 2. The van der Waals surface area contributed by atoms with Crippen LogP contribution in [0.2, 0.25) is 5.02 Å². The molecule has 0 radical (unpaired) electrons. The lowest BCUT2D eigenvalue weighted by Crippen LogP contribution is -2.32. The Labute approximate surface area is 139 Å². The predicted molar refractivity (Wildman–Crippen MR) is 90.0 cm³/mol. The lowest BCUT2D eigenvalue weighted by Gasteiger charge is -2.18. The van der Waals surface area contributed by atoms with Crippen LogP contribution in [0, 0.1) is 11.3 Å². The van der Waals surface area contributed by atoms with E-state index in [0.29, 0.717) is 29.4 Å². The van der Waals surface area contributed by atoms with Crippen molar-refractivity contribution in [2.75, 3.05) is 29.9 Å². The summed E-state index contributed by atoms with van der Waals surface area (Å²) in [4.78, 5) is 25.4. The Morgan fingerprint density at radius 2 is 2.00 bits per heavy atom. The van der Waals surface area contributed by atoms with E-state index in [0.717, 1.165) is 0 Å². The quantitative estimate of drug-likeness (QED) is 0.829. The van der Waals surface area contributed by atoms with Gasteiger partial charge in [0.25, 0.3) is 0 Å². The Morgan fingerprint density at radius 1 is 1.32 bits per heavy atom. The molecule has 2 amide bonds. The first kappa shape index (κ1) is 18.3. The highest BCUT2D eigenvalue weighted by molar-refractivity contribution is 8.00. The molecule has 0 bridgehead atoms. The molecule has 1 aromatic rings. The normalized spacial score (nSPS) is 9.91. The zero-order valence-corrected chi connectivity index (χ0v) is 14.1. The Kier molecular flexibility index (Phi) is 7.78. The fraction of sp³-hybridized carbons (Fsp3) is 0.400. The molecule has 1 rings (SSSR count). The monoisotopic (exact) mass is 339 g/mol. The highest BCUT2D eigenvalue weighted by Crippen LogP contribution is 2.20. The minimum Gasteiger partial charge on any atom is -0.343 e. The van der Waals surface area contributed by atoms with E-state index in [1.54, 1.807) is 17.0 Å². The maximum atomic E-state index is 11.9. The SMILES string of the molecule is CCN(CC)C(=O)CSCC(=O)Nc1cc(Cl)ccc1C#N. The summed E-state index contributed by atoms with van der Waals surface area (Å²) in [6.45, 7) is 5.16. The molecule has 0 unspecified atom stereocenters. The standard InChI is InChI=1S/C15H18ClN3O2S/c1-3-19(4-2)15(21)10-22-9-14(20)18-13-7-12(16)6-5-11(13)8-17/h5-7H,3-4,9-10H2,1-2H3,(H,18,20). The van der Waals surface area contributed by atoms with E-state index in [2.05, 4.69) is 5.32 Å². The first-order chi connectivity index (χ1) is 10.5. The number of nitrogens with one attached hydrogen (secondary N) is 1. The van der Waals surface area contributed by atoms with Gasteiger partial charge in [0.1, 0.15) is 6.07 Å². The molecular weight excluding hydrogens is 322 g/mol. The van der Waals surface area contributed by atoms with Gasteiger partial charge in [-0.1, -0.05) is 11.6 Å². The minimum atomic E-state index is -0.267. The molecule has 0 saturated carbocycles. The number of hydrogen-bond donors (Lipinski definition) is 1. The van der Waals surface area contributed by atoms with Gasteiger partial charge in [-0.25, -0.2) is 0 Å². The third kappa shape index (κ3) is 5.58. The Hall–Kier alpha value is -1.71. The molecule has 0 fully saturated rings. The summed E-state index contributed by atoms with van der Waals surface area (Å²) >= 11 is 7.10. The van der Waals surface area contributed by atoms with Crippen molar-refractivity contribution in [2.45, 2.75) is 13.8 Å². The Balaban J connectivity index is 2.49. The van der Waals surface area contributed by atoms with E-state index in [1.165, 1.54) is 17.8 Å². The van der Waals surface area contributed by atoms with Crippen LogP contribution >= 0.6 is 23.4 Å². The molecule has 1 aromatic carbocycles. The van der Waals surface area contributed by atoms with Gasteiger partial charge in [0, 0.05) is 18.1 Å². The summed E-state index contributed by atoms with van der Waals surface area (Å²) in [6.07, 6.45) is 0. The van der Waals surface area contributed by atoms with Gasteiger partial charge in [0.05, 0.1) is 22.8 Å². The van der Waals surface area contributed by atoms with Crippen molar-refractivity contribution in [3.05, 3.63) is 28.8 Å². The number of rotatable bonds is 7. The number of halogens is 1. The molecule has 0 aromatic heterocycles. The fourth-order valence-corrected chi connectivity index (χ4v) is 2.69. The molecule has 0 aliphatic rings. The Bertz CT molecular complexity index is 583. The van der Waals surface area contributed by atoms with Gasteiger partial charge in [-0.2, -0.15) is 5.26 Å². The average Bonchev–Trinajstić information content (AvgIpc) is 2.48. The zero-order valence-electron chi connectivity index (χ0n) is 12.6. The molecule has 0 spiro atoms. The summed E-state index contributed by atoms with van der Waals surface area (Å²) in [5.41, 5.74) is 0.734. The van der Waals surface area contributed by atoms with Crippen LogP contribution in [-0.2, 0) is 9.59 Å². The van der Waals surface area contributed by atoms with Crippen LogP contribution in [-0.4, -0.2) is 41.3 Å². The highest BCUT2D eigenvalue weighted by Gasteiger charge is 2.12. The second-order valence-corrected chi connectivity index (χ2v) is 5.83. The van der Waals surface area contributed by atoms with Gasteiger partial charge in [0.15, 0.2) is 0 Å². The summed E-state index contributed by atoms with van der Waals surface area (Å²) in [5.74, 6) is 0.152. The van der Waals surface area contributed by atoms with Crippen LogP contribution < -0.4 is 5.32 Å². The largest absolute Gasteiger partial charge is 0.343 e. The minimum absolute atomic E-state index is 0.0169. The van der Waals surface area contributed by atoms with Crippen molar-refractivity contribution < 1.29 is 9.59 Å². The van der Waals surface area contributed by atoms with Crippen LogP contribution in [0.15, 0.2) is 18.2 Å². The van der Waals surface area contributed by atoms with Gasteiger partial charge >= 0.3 is 0 Å². The molecule has 1 N–H and O–H groups in total. The first-order valence-corrected chi connectivity index (χ1v) is 8.40. The summed E-state index contributed by atoms with van der Waals surface area (Å²) in [7, 11) is 0. The van der Waals surface area contributed by atoms with Crippen molar-refractivity contribution in [1.29, 1.82) is 5.26 Å². The molecule has 0 aliphatic heterocycles. The van der Waals surface area contributed by atoms with E-state index < -0.39 is 0 Å². The van der Waals surface area contributed by atoms with Crippen LogP contribution in [0.1, 0.15) is 19.4 Å². The van der Waals surface area contributed by atoms with E-state index in [4.69, 9.17) is 16.9 Å². The third-order valence-electron chi connectivity index (χ3n) is 2.95. The number of carbonyl (C=O) groups excluding carboxylic acids is 2. The molecular formula is C15H18ClN3O2S. The van der Waals surface area contributed by atoms with Crippen molar-refractivity contribution >= 4 is 40.9 Å². The smallest absolute Gasteiger partial charge is 0.234 e. The van der Waals surface area contributed by atoms with E-state index in [1.807, 2.05) is 19.9 Å². The molecule has 22 heavy (non-hydrogen) atoms. The first-order valence-electron chi connectivity index (χ1n) is 6.86. The van der Waals surface area contributed by atoms with Crippen molar-refractivity contribution in [1.82, 2.24) is 4.90 Å². The number of benzene rings is 1. The van der Waals surface area contributed by atoms with Crippen LogP contribution in [0.4, 0.5) is 5.69 Å². The van der Waals surface area contributed by atoms with Crippen molar-refractivity contribution in [3.63, 3.8) is 0 Å². The number of nitrogens with zero attached hydrogens (tertiary/aromatic N) is 2. The number of thioether (sulfide) groups is 1. The van der Waals surface area contributed by atoms with E-state index >= 15 is 0 Å². The van der Waals surface area contributed by atoms with E-state index in [9.17, 15) is 9.59 Å². The third-order valence-corrected chi connectivity index (χ3v) is 4.10. The summed E-state index contributed by atoms with van der Waals surface area (Å²) in [6, 6.07) is 6.66. The molecule has 0 heterocycles. The molecule has 0 atom stereocenters. The number of anilines is 1. The molecule has 0 aliphatic carbocycles. The van der Waals surface area contributed by atoms with Gasteiger partial charge in [-0.3, -0.25) is 9.59 Å². The maximum Gasteiger partial charge on any atom is 0.234 e. The molecule has 5 nitrogen and oxygen atoms in total. The van der Waals surface area contributed by atoms with Gasteiger partial charge in [0.2, 0.25) is 11.8 Å². The van der Waals surface area contributed by atoms with Crippen molar-refractivity contribution in [2.24, 2.45) is 0 Å². The number of hydrogen-bond acceptors (Lipinski definition) is 4. The zero-order chi connectivity index (χ0) is 16.5. The molecule has 118 valence electrons. The molecule has 7 heteroatoms. The van der Waals surface area contributed by atoms with Gasteiger partial charge in [-0.15, -0.1) is 11.8 Å². The summed E-state index contributed by atoms with van der Waals surface area (Å²) in [5, 5.41) is 12.1. The second kappa shape index (κ2) is 9.34. The molecule has 0 saturated heterocycles. The highest BCUT2D eigenvalue weighted by atomic mass is 35.5. The van der Waals surface area contributed by atoms with Gasteiger partial charge < -0.3 is 10.2 Å². The topological polar surface area (TPSA) is 73.2 Å². The van der Waals surface area contributed by atoms with Crippen LogP contribution in [0.5, 0.6) is 0 Å².